The molecule has 1 fully saturated rings. The van der Waals surface area contributed by atoms with Crippen LogP contribution in [-0.4, -0.2) is 28.6 Å². The maximum atomic E-state index is 12.1. The van der Waals surface area contributed by atoms with Crippen molar-refractivity contribution in [2.24, 2.45) is 5.73 Å². The molecule has 5 nitrogen and oxygen atoms in total. The SMILES string of the molecule is Cc1cc(C2CCCN2C(=O)CCC(C)N)on1. The highest BCUT2D eigenvalue weighted by atomic mass is 16.5. The summed E-state index contributed by atoms with van der Waals surface area (Å²) in [4.78, 5) is 14.1. The molecular weight excluding hydrogens is 230 g/mol. The van der Waals surface area contributed by atoms with E-state index < -0.39 is 0 Å². The van der Waals surface area contributed by atoms with Crippen molar-refractivity contribution in [3.63, 3.8) is 0 Å². The van der Waals surface area contributed by atoms with Gasteiger partial charge in [0.1, 0.15) is 0 Å². The molecule has 1 aromatic rings. The molecule has 5 heteroatoms. The molecule has 0 spiro atoms. The Bertz CT molecular complexity index is 414. The summed E-state index contributed by atoms with van der Waals surface area (Å²) in [6.45, 7) is 4.63. The van der Waals surface area contributed by atoms with Gasteiger partial charge in [0, 0.05) is 25.1 Å². The number of nitrogens with zero attached hydrogens (tertiary/aromatic N) is 2. The fraction of sp³-hybridized carbons (Fsp3) is 0.692. The van der Waals surface area contributed by atoms with Crippen LogP contribution in [0.25, 0.3) is 0 Å². The Morgan fingerprint density at radius 2 is 2.50 bits per heavy atom. The molecule has 1 amide bonds. The molecule has 0 saturated carbocycles. The lowest BCUT2D eigenvalue weighted by molar-refractivity contribution is -0.132. The molecular formula is C13H21N3O2. The molecule has 0 aliphatic carbocycles. The number of rotatable bonds is 4. The van der Waals surface area contributed by atoms with Crippen molar-refractivity contribution in [1.29, 1.82) is 0 Å². The number of aromatic nitrogens is 1. The van der Waals surface area contributed by atoms with Crippen molar-refractivity contribution in [3.05, 3.63) is 17.5 Å². The second-order valence-corrected chi connectivity index (χ2v) is 5.13. The standard InChI is InChI=1S/C13H21N3O2/c1-9(14)5-6-13(17)16-7-3-4-11(16)12-8-10(2)15-18-12/h8-9,11H,3-7,14H2,1-2H3. The Balaban J connectivity index is 2.01. The third-order valence-corrected chi connectivity index (χ3v) is 3.36. The first-order valence-electron chi connectivity index (χ1n) is 6.56. The minimum atomic E-state index is 0.0618. The maximum Gasteiger partial charge on any atom is 0.223 e. The van der Waals surface area contributed by atoms with Crippen LogP contribution in [-0.2, 0) is 4.79 Å². The van der Waals surface area contributed by atoms with Crippen LogP contribution in [0.1, 0.15) is 50.1 Å². The van der Waals surface area contributed by atoms with Gasteiger partial charge in [-0.25, -0.2) is 0 Å². The third-order valence-electron chi connectivity index (χ3n) is 3.36. The Labute approximate surface area is 107 Å². The van der Waals surface area contributed by atoms with Crippen molar-refractivity contribution in [3.8, 4) is 0 Å². The van der Waals surface area contributed by atoms with E-state index in [2.05, 4.69) is 5.16 Å². The van der Waals surface area contributed by atoms with Gasteiger partial charge in [-0.3, -0.25) is 4.79 Å². The summed E-state index contributed by atoms with van der Waals surface area (Å²) in [6, 6.07) is 2.05. The van der Waals surface area contributed by atoms with E-state index in [-0.39, 0.29) is 18.0 Å². The molecule has 100 valence electrons. The smallest absolute Gasteiger partial charge is 0.223 e. The minimum Gasteiger partial charge on any atom is -0.359 e. The van der Waals surface area contributed by atoms with Crippen LogP contribution in [0.2, 0.25) is 0 Å². The highest BCUT2D eigenvalue weighted by Gasteiger charge is 2.32. The topological polar surface area (TPSA) is 72.4 Å². The van der Waals surface area contributed by atoms with Gasteiger partial charge in [-0.15, -0.1) is 0 Å². The lowest BCUT2D eigenvalue weighted by atomic mass is 10.1. The second-order valence-electron chi connectivity index (χ2n) is 5.13. The van der Waals surface area contributed by atoms with Crippen LogP contribution in [0.3, 0.4) is 0 Å². The summed E-state index contributed by atoms with van der Waals surface area (Å²) in [5.41, 5.74) is 6.55. The summed E-state index contributed by atoms with van der Waals surface area (Å²) in [5, 5.41) is 3.90. The number of amides is 1. The fourth-order valence-electron chi connectivity index (χ4n) is 2.40. The normalized spacial score (nSPS) is 21.3. The molecule has 1 aromatic heterocycles. The molecule has 2 atom stereocenters. The summed E-state index contributed by atoms with van der Waals surface area (Å²) in [5.74, 6) is 0.975. The summed E-state index contributed by atoms with van der Waals surface area (Å²) < 4.78 is 5.29. The van der Waals surface area contributed by atoms with Gasteiger partial charge >= 0.3 is 0 Å². The molecule has 1 saturated heterocycles. The second kappa shape index (κ2) is 5.52. The van der Waals surface area contributed by atoms with Crippen LogP contribution in [0.5, 0.6) is 0 Å². The first-order chi connectivity index (χ1) is 8.58. The molecule has 2 N–H and O–H groups in total. The molecule has 2 heterocycles. The van der Waals surface area contributed by atoms with Gasteiger partial charge in [0.25, 0.3) is 0 Å². The van der Waals surface area contributed by atoms with E-state index in [0.717, 1.165) is 37.3 Å². The quantitative estimate of drug-likeness (QED) is 0.885. The molecule has 0 radical (unpaired) electrons. The third kappa shape index (κ3) is 2.90. The van der Waals surface area contributed by atoms with Gasteiger partial charge in [0.15, 0.2) is 5.76 Å². The van der Waals surface area contributed by atoms with Crippen LogP contribution in [0.15, 0.2) is 10.6 Å². The molecule has 1 aliphatic rings. The zero-order valence-corrected chi connectivity index (χ0v) is 11.1. The van der Waals surface area contributed by atoms with E-state index >= 15 is 0 Å². The van der Waals surface area contributed by atoms with E-state index in [1.165, 1.54) is 0 Å². The minimum absolute atomic E-state index is 0.0618. The average Bonchev–Trinajstić information content (AvgIpc) is 2.93. The Hall–Kier alpha value is -1.36. The van der Waals surface area contributed by atoms with Crippen molar-refractivity contribution in [1.82, 2.24) is 10.1 Å². The van der Waals surface area contributed by atoms with Gasteiger partial charge in [0.05, 0.1) is 11.7 Å². The monoisotopic (exact) mass is 251 g/mol. The van der Waals surface area contributed by atoms with Crippen LogP contribution < -0.4 is 5.73 Å². The number of likely N-dealkylation sites (tertiary alicyclic amines) is 1. The van der Waals surface area contributed by atoms with E-state index in [1.807, 2.05) is 24.8 Å². The van der Waals surface area contributed by atoms with Gasteiger partial charge < -0.3 is 15.2 Å². The number of hydrogen-bond donors (Lipinski definition) is 1. The van der Waals surface area contributed by atoms with E-state index in [1.54, 1.807) is 0 Å². The van der Waals surface area contributed by atoms with Gasteiger partial charge in [0.2, 0.25) is 5.91 Å². The summed E-state index contributed by atoms with van der Waals surface area (Å²) >= 11 is 0. The summed E-state index contributed by atoms with van der Waals surface area (Å²) in [7, 11) is 0. The maximum absolute atomic E-state index is 12.1. The van der Waals surface area contributed by atoms with Gasteiger partial charge in [-0.1, -0.05) is 5.16 Å². The summed E-state index contributed by atoms with van der Waals surface area (Å²) in [6.07, 6.45) is 3.23. The highest BCUT2D eigenvalue weighted by Crippen LogP contribution is 2.32. The Morgan fingerprint density at radius 3 is 3.11 bits per heavy atom. The Morgan fingerprint density at radius 1 is 1.72 bits per heavy atom. The van der Waals surface area contributed by atoms with Crippen molar-refractivity contribution < 1.29 is 9.32 Å². The van der Waals surface area contributed by atoms with Crippen LogP contribution >= 0.6 is 0 Å². The lowest BCUT2D eigenvalue weighted by Crippen LogP contribution is -2.31. The molecule has 18 heavy (non-hydrogen) atoms. The molecule has 0 bridgehead atoms. The van der Waals surface area contributed by atoms with E-state index in [0.29, 0.717) is 6.42 Å². The molecule has 2 unspecified atom stereocenters. The number of hydrogen-bond acceptors (Lipinski definition) is 4. The van der Waals surface area contributed by atoms with Crippen LogP contribution in [0.4, 0.5) is 0 Å². The van der Waals surface area contributed by atoms with Gasteiger partial charge in [-0.05, 0) is 33.1 Å². The highest BCUT2D eigenvalue weighted by molar-refractivity contribution is 5.77. The first-order valence-corrected chi connectivity index (χ1v) is 6.56. The number of aryl methyl sites for hydroxylation is 1. The predicted molar refractivity (Wildman–Crippen MR) is 67.8 cm³/mol. The molecule has 2 rings (SSSR count). The first kappa shape index (κ1) is 13.1. The number of carbonyl (C=O) groups is 1. The molecule has 1 aliphatic heterocycles. The number of nitrogens with two attached hydrogens (primary N) is 1. The zero-order chi connectivity index (χ0) is 13.1. The van der Waals surface area contributed by atoms with E-state index in [9.17, 15) is 4.79 Å². The van der Waals surface area contributed by atoms with Gasteiger partial charge in [-0.2, -0.15) is 0 Å². The Kier molecular flexibility index (Phi) is 4.01. The fourth-order valence-corrected chi connectivity index (χ4v) is 2.40. The number of carbonyl (C=O) groups excluding carboxylic acids is 1. The van der Waals surface area contributed by atoms with E-state index in [4.69, 9.17) is 10.3 Å². The zero-order valence-electron chi connectivity index (χ0n) is 11.1. The van der Waals surface area contributed by atoms with Crippen LogP contribution in [0, 0.1) is 6.92 Å². The average molecular weight is 251 g/mol. The lowest BCUT2D eigenvalue weighted by Gasteiger charge is -2.23. The van der Waals surface area contributed by atoms with Crippen molar-refractivity contribution >= 4 is 5.91 Å². The largest absolute Gasteiger partial charge is 0.359 e. The van der Waals surface area contributed by atoms with Crippen molar-refractivity contribution in [2.75, 3.05) is 6.54 Å². The predicted octanol–water partition coefficient (Wildman–Crippen LogP) is 1.77. The molecule has 0 aromatic carbocycles. The van der Waals surface area contributed by atoms with Crippen molar-refractivity contribution in [2.45, 2.75) is 51.6 Å².